The number of carboxylic acid groups (broad SMARTS) is 1. The van der Waals surface area contributed by atoms with E-state index >= 15 is 0 Å². The lowest BCUT2D eigenvalue weighted by atomic mass is 9.72. The van der Waals surface area contributed by atoms with Gasteiger partial charge in [-0.15, -0.1) is 0 Å². The third-order valence-electron chi connectivity index (χ3n) is 5.55. The molecule has 0 unspecified atom stereocenters. The smallest absolute Gasteiger partial charge is 0.407 e. The van der Waals surface area contributed by atoms with Gasteiger partial charge in [0.25, 0.3) is 0 Å². The van der Waals surface area contributed by atoms with Gasteiger partial charge in [0, 0.05) is 31.2 Å². The molecule has 1 aliphatic heterocycles. The summed E-state index contributed by atoms with van der Waals surface area (Å²) >= 11 is 6.14. The molecule has 26 heavy (non-hydrogen) atoms. The van der Waals surface area contributed by atoms with Gasteiger partial charge in [-0.1, -0.05) is 43.0 Å². The minimum Gasteiger partial charge on any atom is -0.465 e. The Morgan fingerprint density at radius 1 is 1.04 bits per heavy atom. The van der Waals surface area contributed by atoms with E-state index in [2.05, 4.69) is 0 Å². The number of carbonyl (C=O) groups excluding carboxylic acids is 1. The summed E-state index contributed by atoms with van der Waals surface area (Å²) in [6, 6.07) is 7.15. The minimum atomic E-state index is -1.08. The van der Waals surface area contributed by atoms with Crippen LogP contribution in [0.5, 0.6) is 0 Å². The summed E-state index contributed by atoms with van der Waals surface area (Å²) < 4.78 is 0. The highest BCUT2D eigenvalue weighted by Crippen LogP contribution is 2.41. The first-order valence-corrected chi connectivity index (χ1v) is 9.53. The average molecular weight is 381 g/mol. The molecular weight excluding hydrogens is 356 g/mol. The molecule has 142 valence electrons. The number of piperazine rings is 1. The SMILES string of the molecule is O=C(O)N1CCN(C(=O)[C@@H](c2cccc(Cl)c2)C2(O)CCCCC2)CC1. The summed E-state index contributed by atoms with van der Waals surface area (Å²) in [5.74, 6) is -0.806. The molecule has 2 fully saturated rings. The molecule has 2 N–H and O–H groups in total. The molecule has 0 radical (unpaired) electrons. The van der Waals surface area contributed by atoms with E-state index < -0.39 is 17.6 Å². The van der Waals surface area contributed by atoms with Crippen LogP contribution in [0, 0.1) is 0 Å². The normalized spacial score (nSPS) is 21.3. The van der Waals surface area contributed by atoms with E-state index in [0.29, 0.717) is 44.0 Å². The molecular formula is C19H25ClN2O4. The van der Waals surface area contributed by atoms with Crippen molar-refractivity contribution in [2.24, 2.45) is 0 Å². The monoisotopic (exact) mass is 380 g/mol. The second kappa shape index (κ2) is 7.84. The maximum atomic E-state index is 13.3. The van der Waals surface area contributed by atoms with E-state index in [1.807, 2.05) is 6.07 Å². The number of carbonyl (C=O) groups is 2. The van der Waals surface area contributed by atoms with Crippen LogP contribution in [0.1, 0.15) is 43.6 Å². The second-order valence-corrected chi connectivity index (χ2v) is 7.68. The Morgan fingerprint density at radius 3 is 2.23 bits per heavy atom. The van der Waals surface area contributed by atoms with Gasteiger partial charge in [-0.25, -0.2) is 4.79 Å². The number of halogens is 1. The molecule has 1 atom stereocenters. The molecule has 0 bridgehead atoms. The van der Waals surface area contributed by atoms with Crippen LogP contribution in [0.15, 0.2) is 24.3 Å². The van der Waals surface area contributed by atoms with Crippen molar-refractivity contribution in [2.75, 3.05) is 26.2 Å². The zero-order valence-corrected chi connectivity index (χ0v) is 15.5. The van der Waals surface area contributed by atoms with Crippen molar-refractivity contribution in [2.45, 2.75) is 43.6 Å². The maximum Gasteiger partial charge on any atom is 0.407 e. The summed E-state index contributed by atoms with van der Waals surface area (Å²) in [6.07, 6.45) is 3.07. The Balaban J connectivity index is 1.86. The fraction of sp³-hybridized carbons (Fsp3) is 0.579. The van der Waals surface area contributed by atoms with Gasteiger partial charge in [-0.2, -0.15) is 0 Å². The van der Waals surface area contributed by atoms with E-state index in [0.717, 1.165) is 24.8 Å². The number of aliphatic hydroxyl groups is 1. The van der Waals surface area contributed by atoms with Gasteiger partial charge in [0.05, 0.1) is 11.5 Å². The summed E-state index contributed by atoms with van der Waals surface area (Å²) in [6.45, 7) is 1.28. The highest BCUT2D eigenvalue weighted by molar-refractivity contribution is 6.30. The molecule has 1 saturated carbocycles. The topological polar surface area (TPSA) is 81.1 Å². The lowest BCUT2D eigenvalue weighted by Gasteiger charge is -2.42. The first-order chi connectivity index (χ1) is 12.4. The van der Waals surface area contributed by atoms with Crippen molar-refractivity contribution in [1.29, 1.82) is 0 Å². The molecule has 1 aromatic carbocycles. The Bertz CT molecular complexity index is 667. The van der Waals surface area contributed by atoms with Crippen molar-refractivity contribution in [3.05, 3.63) is 34.9 Å². The van der Waals surface area contributed by atoms with Crippen LogP contribution in [0.4, 0.5) is 4.79 Å². The number of amides is 2. The lowest BCUT2D eigenvalue weighted by Crippen LogP contribution is -2.54. The van der Waals surface area contributed by atoms with Crippen LogP contribution < -0.4 is 0 Å². The quantitative estimate of drug-likeness (QED) is 0.844. The van der Waals surface area contributed by atoms with Crippen LogP contribution in [0.2, 0.25) is 5.02 Å². The van der Waals surface area contributed by atoms with Crippen LogP contribution in [-0.4, -0.2) is 63.8 Å². The van der Waals surface area contributed by atoms with Crippen molar-refractivity contribution >= 4 is 23.6 Å². The Hall–Kier alpha value is -1.79. The van der Waals surface area contributed by atoms with E-state index in [-0.39, 0.29) is 5.91 Å². The molecule has 2 amide bonds. The number of hydrogen-bond acceptors (Lipinski definition) is 3. The minimum absolute atomic E-state index is 0.137. The fourth-order valence-electron chi connectivity index (χ4n) is 4.12. The first-order valence-electron chi connectivity index (χ1n) is 9.15. The molecule has 7 heteroatoms. The Labute approximate surface area is 158 Å². The molecule has 1 aliphatic carbocycles. The van der Waals surface area contributed by atoms with Crippen LogP contribution in [0.3, 0.4) is 0 Å². The van der Waals surface area contributed by atoms with Crippen LogP contribution >= 0.6 is 11.6 Å². The number of rotatable bonds is 3. The van der Waals surface area contributed by atoms with E-state index in [1.54, 1.807) is 23.1 Å². The summed E-state index contributed by atoms with van der Waals surface area (Å²) in [5.41, 5.74) is -0.350. The van der Waals surface area contributed by atoms with Gasteiger partial charge in [-0.3, -0.25) is 4.79 Å². The lowest BCUT2D eigenvalue weighted by molar-refractivity contribution is -0.143. The number of nitrogens with zero attached hydrogens (tertiary/aromatic N) is 2. The third-order valence-corrected chi connectivity index (χ3v) is 5.78. The van der Waals surface area contributed by atoms with E-state index in [1.165, 1.54) is 4.90 Å². The van der Waals surface area contributed by atoms with Crippen molar-refractivity contribution in [3.63, 3.8) is 0 Å². The molecule has 0 aromatic heterocycles. The summed E-state index contributed by atoms with van der Waals surface area (Å²) in [5, 5.41) is 21.0. The standard InChI is InChI=1S/C19H25ClN2O4/c20-15-6-4-5-14(13-15)16(19(26)7-2-1-3-8-19)17(23)21-9-11-22(12-10-21)18(24)25/h4-6,13,16,26H,1-3,7-12H2,(H,24,25)/t16-/m1/s1. The highest BCUT2D eigenvalue weighted by atomic mass is 35.5. The van der Waals surface area contributed by atoms with Gasteiger partial charge in [0.15, 0.2) is 0 Å². The predicted molar refractivity (Wildman–Crippen MR) is 98.4 cm³/mol. The zero-order chi connectivity index (χ0) is 18.7. The van der Waals surface area contributed by atoms with Crippen molar-refractivity contribution in [1.82, 2.24) is 9.80 Å². The first kappa shape index (κ1) is 19.0. The molecule has 1 heterocycles. The van der Waals surface area contributed by atoms with E-state index in [9.17, 15) is 14.7 Å². The average Bonchev–Trinajstić information content (AvgIpc) is 2.62. The largest absolute Gasteiger partial charge is 0.465 e. The van der Waals surface area contributed by atoms with E-state index in [4.69, 9.17) is 16.7 Å². The molecule has 3 rings (SSSR count). The zero-order valence-electron chi connectivity index (χ0n) is 14.7. The van der Waals surface area contributed by atoms with Gasteiger partial charge in [-0.05, 0) is 30.5 Å². The fourth-order valence-corrected chi connectivity index (χ4v) is 4.32. The maximum absolute atomic E-state index is 13.3. The third kappa shape index (κ3) is 3.96. The molecule has 6 nitrogen and oxygen atoms in total. The number of benzene rings is 1. The molecule has 1 saturated heterocycles. The molecule has 2 aliphatic rings. The van der Waals surface area contributed by atoms with Crippen LogP contribution in [0.25, 0.3) is 0 Å². The Morgan fingerprint density at radius 2 is 1.65 bits per heavy atom. The van der Waals surface area contributed by atoms with Gasteiger partial charge in [0.2, 0.25) is 5.91 Å². The summed E-state index contributed by atoms with van der Waals surface area (Å²) in [4.78, 5) is 27.4. The molecule has 0 spiro atoms. The Kier molecular flexibility index (Phi) is 5.73. The second-order valence-electron chi connectivity index (χ2n) is 7.25. The van der Waals surface area contributed by atoms with Crippen molar-refractivity contribution in [3.8, 4) is 0 Å². The number of hydrogen-bond donors (Lipinski definition) is 2. The summed E-state index contributed by atoms with van der Waals surface area (Å²) in [7, 11) is 0. The van der Waals surface area contributed by atoms with Gasteiger partial charge >= 0.3 is 6.09 Å². The van der Waals surface area contributed by atoms with Crippen molar-refractivity contribution < 1.29 is 19.8 Å². The van der Waals surface area contributed by atoms with Gasteiger partial charge in [0.1, 0.15) is 0 Å². The van der Waals surface area contributed by atoms with Crippen LogP contribution in [-0.2, 0) is 4.79 Å². The van der Waals surface area contributed by atoms with Gasteiger partial charge < -0.3 is 20.0 Å². The molecule has 1 aromatic rings. The highest BCUT2D eigenvalue weighted by Gasteiger charge is 2.45. The predicted octanol–water partition coefficient (Wildman–Crippen LogP) is 2.94.